The van der Waals surface area contributed by atoms with Gasteiger partial charge in [-0.3, -0.25) is 4.79 Å². The molecule has 8 rings (SSSR count). The summed E-state index contributed by atoms with van der Waals surface area (Å²) >= 11 is 0. The summed E-state index contributed by atoms with van der Waals surface area (Å²) in [6.07, 6.45) is 0.846. The van der Waals surface area contributed by atoms with Gasteiger partial charge in [0, 0.05) is 12.8 Å². The van der Waals surface area contributed by atoms with Crippen molar-refractivity contribution in [1.82, 2.24) is 0 Å². The summed E-state index contributed by atoms with van der Waals surface area (Å²) in [5.41, 5.74) is 6.92. The van der Waals surface area contributed by atoms with Gasteiger partial charge in [-0.1, -0.05) is 146 Å². The van der Waals surface area contributed by atoms with Crippen molar-refractivity contribution in [3.63, 3.8) is 0 Å². The van der Waals surface area contributed by atoms with Gasteiger partial charge in [-0.25, -0.2) is 0 Å². The molecular formula is C43H30O. The van der Waals surface area contributed by atoms with Gasteiger partial charge < -0.3 is 0 Å². The van der Waals surface area contributed by atoms with Crippen LogP contribution in [0.3, 0.4) is 0 Å². The number of hydrogen-bond acceptors (Lipinski definition) is 1. The predicted octanol–water partition coefficient (Wildman–Crippen LogP) is 11.0. The number of rotatable bonds is 6. The number of hydrogen-bond donors (Lipinski definition) is 0. The quantitative estimate of drug-likeness (QED) is 0.184. The zero-order chi connectivity index (χ0) is 29.5. The summed E-state index contributed by atoms with van der Waals surface area (Å²) in [7, 11) is 0. The van der Waals surface area contributed by atoms with Gasteiger partial charge in [0.15, 0.2) is 0 Å². The Morgan fingerprint density at radius 1 is 0.364 bits per heavy atom. The second kappa shape index (κ2) is 10.9. The molecule has 0 aliphatic rings. The van der Waals surface area contributed by atoms with Crippen molar-refractivity contribution in [2.45, 2.75) is 12.8 Å². The van der Waals surface area contributed by atoms with Crippen LogP contribution in [-0.2, 0) is 17.6 Å². The fourth-order valence-electron chi connectivity index (χ4n) is 6.75. The van der Waals surface area contributed by atoms with Crippen LogP contribution < -0.4 is 0 Å². The van der Waals surface area contributed by atoms with Crippen molar-refractivity contribution in [3.05, 3.63) is 169 Å². The van der Waals surface area contributed by atoms with Crippen LogP contribution in [0.2, 0.25) is 0 Å². The van der Waals surface area contributed by atoms with Crippen molar-refractivity contribution >= 4 is 48.9 Å². The molecule has 8 aromatic carbocycles. The van der Waals surface area contributed by atoms with E-state index in [1.165, 1.54) is 65.3 Å². The molecule has 208 valence electrons. The molecule has 0 spiro atoms. The standard InChI is InChI=1S/C43H30O/c44-37(25-29-17-21-31(22-18-29)42-38-13-5-1-9-33(38)27-34-10-2-6-14-39(34)42)26-30-19-23-32(24-20-30)43-40-15-7-3-11-35(40)28-36-12-4-8-16-41(36)43/h1-24,27-28H,25-26H2. The van der Waals surface area contributed by atoms with Crippen LogP contribution in [0.15, 0.2) is 158 Å². The first-order chi connectivity index (χ1) is 21.7. The Balaban J connectivity index is 1.04. The Bertz CT molecular complexity index is 2050. The van der Waals surface area contributed by atoms with E-state index in [4.69, 9.17) is 0 Å². The first-order valence-corrected chi connectivity index (χ1v) is 15.2. The summed E-state index contributed by atoms with van der Waals surface area (Å²) in [4.78, 5) is 13.2. The molecule has 0 aliphatic heterocycles. The average molecular weight is 563 g/mol. The Labute approximate surface area is 257 Å². The Kier molecular flexibility index (Phi) is 6.50. The second-order valence-electron chi connectivity index (χ2n) is 11.7. The SMILES string of the molecule is O=C(Cc1ccc(-c2c3ccccc3cc3ccccc23)cc1)Cc1ccc(-c2c3ccccc3cc3ccccc23)cc1. The topological polar surface area (TPSA) is 17.1 Å². The highest BCUT2D eigenvalue weighted by atomic mass is 16.1. The fraction of sp³-hybridized carbons (Fsp3) is 0.0465. The molecule has 0 saturated carbocycles. The van der Waals surface area contributed by atoms with Gasteiger partial charge in [0.1, 0.15) is 5.78 Å². The van der Waals surface area contributed by atoms with Crippen LogP contribution in [0.25, 0.3) is 65.3 Å². The molecule has 44 heavy (non-hydrogen) atoms. The number of ketones is 1. The number of benzene rings is 8. The third kappa shape index (κ3) is 4.73. The van der Waals surface area contributed by atoms with Gasteiger partial charge in [0.05, 0.1) is 0 Å². The number of carbonyl (C=O) groups excluding carboxylic acids is 1. The minimum Gasteiger partial charge on any atom is -0.299 e. The molecule has 0 radical (unpaired) electrons. The summed E-state index contributed by atoms with van der Waals surface area (Å²) in [6, 6.07) is 55.9. The van der Waals surface area contributed by atoms with Gasteiger partial charge in [-0.05, 0) is 88.6 Å². The highest BCUT2D eigenvalue weighted by Gasteiger charge is 2.13. The molecule has 0 aromatic heterocycles. The smallest absolute Gasteiger partial charge is 0.141 e. The molecule has 0 heterocycles. The highest BCUT2D eigenvalue weighted by molar-refractivity contribution is 6.13. The first kappa shape index (κ1) is 26.1. The van der Waals surface area contributed by atoms with Gasteiger partial charge in [-0.15, -0.1) is 0 Å². The van der Waals surface area contributed by atoms with E-state index < -0.39 is 0 Å². The van der Waals surface area contributed by atoms with Crippen LogP contribution in [0.5, 0.6) is 0 Å². The maximum atomic E-state index is 13.2. The average Bonchev–Trinajstić information content (AvgIpc) is 3.07. The molecule has 0 bridgehead atoms. The van der Waals surface area contributed by atoms with E-state index in [-0.39, 0.29) is 5.78 Å². The highest BCUT2D eigenvalue weighted by Crippen LogP contribution is 2.38. The number of fused-ring (bicyclic) bond motifs is 4. The normalized spacial score (nSPS) is 11.5. The lowest BCUT2D eigenvalue weighted by Crippen LogP contribution is -2.06. The number of Topliss-reactive ketones (excluding diaryl/α,β-unsaturated/α-hetero) is 1. The van der Waals surface area contributed by atoms with E-state index in [1.54, 1.807) is 0 Å². The third-order valence-electron chi connectivity index (χ3n) is 8.83. The first-order valence-electron chi connectivity index (χ1n) is 15.2. The van der Waals surface area contributed by atoms with Crippen molar-refractivity contribution in [2.24, 2.45) is 0 Å². The van der Waals surface area contributed by atoms with Gasteiger partial charge in [-0.2, -0.15) is 0 Å². The molecule has 0 N–H and O–H groups in total. The summed E-state index contributed by atoms with van der Waals surface area (Å²) in [5.74, 6) is 0.219. The van der Waals surface area contributed by atoms with Crippen LogP contribution in [0, 0.1) is 0 Å². The van der Waals surface area contributed by atoms with Crippen molar-refractivity contribution < 1.29 is 4.79 Å². The third-order valence-corrected chi connectivity index (χ3v) is 8.83. The van der Waals surface area contributed by atoms with Crippen molar-refractivity contribution in [2.75, 3.05) is 0 Å². The molecule has 0 amide bonds. The zero-order valence-corrected chi connectivity index (χ0v) is 24.3. The monoisotopic (exact) mass is 562 g/mol. The molecule has 1 nitrogen and oxygen atoms in total. The Hall–Kier alpha value is -5.53. The molecule has 0 aliphatic carbocycles. The Morgan fingerprint density at radius 3 is 0.977 bits per heavy atom. The molecule has 0 unspecified atom stereocenters. The molecular weight excluding hydrogens is 532 g/mol. The van der Waals surface area contributed by atoms with E-state index in [1.807, 2.05) is 0 Å². The van der Waals surface area contributed by atoms with E-state index in [0.29, 0.717) is 12.8 Å². The second-order valence-corrected chi connectivity index (χ2v) is 11.7. The van der Waals surface area contributed by atoms with E-state index in [0.717, 1.165) is 11.1 Å². The van der Waals surface area contributed by atoms with Crippen LogP contribution >= 0.6 is 0 Å². The van der Waals surface area contributed by atoms with Gasteiger partial charge in [0.2, 0.25) is 0 Å². The van der Waals surface area contributed by atoms with Crippen molar-refractivity contribution in [1.29, 1.82) is 0 Å². The molecule has 0 atom stereocenters. The lowest BCUT2D eigenvalue weighted by molar-refractivity contribution is -0.117. The number of carbonyl (C=O) groups is 1. The lowest BCUT2D eigenvalue weighted by atomic mass is 9.91. The molecule has 0 fully saturated rings. The summed E-state index contributed by atoms with van der Waals surface area (Å²) < 4.78 is 0. The zero-order valence-electron chi connectivity index (χ0n) is 24.3. The van der Waals surface area contributed by atoms with Crippen LogP contribution in [0.1, 0.15) is 11.1 Å². The molecule has 1 heteroatoms. The fourth-order valence-corrected chi connectivity index (χ4v) is 6.75. The van der Waals surface area contributed by atoms with E-state index in [9.17, 15) is 4.79 Å². The predicted molar refractivity (Wildman–Crippen MR) is 186 cm³/mol. The minimum atomic E-state index is 0.219. The van der Waals surface area contributed by atoms with Gasteiger partial charge >= 0.3 is 0 Å². The maximum absolute atomic E-state index is 13.2. The van der Waals surface area contributed by atoms with Crippen LogP contribution in [-0.4, -0.2) is 5.78 Å². The Morgan fingerprint density at radius 2 is 0.659 bits per heavy atom. The van der Waals surface area contributed by atoms with E-state index >= 15 is 0 Å². The largest absolute Gasteiger partial charge is 0.299 e. The van der Waals surface area contributed by atoms with Gasteiger partial charge in [0.25, 0.3) is 0 Å². The molecule has 0 saturated heterocycles. The molecule has 8 aromatic rings. The lowest BCUT2D eigenvalue weighted by Gasteiger charge is -2.13. The summed E-state index contributed by atoms with van der Waals surface area (Å²) in [6.45, 7) is 0. The summed E-state index contributed by atoms with van der Waals surface area (Å²) in [5, 5.41) is 9.93. The maximum Gasteiger partial charge on any atom is 0.141 e. The van der Waals surface area contributed by atoms with E-state index in [2.05, 4.69) is 158 Å². The van der Waals surface area contributed by atoms with Crippen LogP contribution in [0.4, 0.5) is 0 Å². The van der Waals surface area contributed by atoms with Crippen molar-refractivity contribution in [3.8, 4) is 22.3 Å². The minimum absolute atomic E-state index is 0.219.